The van der Waals surface area contributed by atoms with Gasteiger partial charge in [0.25, 0.3) is 0 Å². The Morgan fingerprint density at radius 3 is 0.891 bits per heavy atom. The summed E-state index contributed by atoms with van der Waals surface area (Å²) in [6.07, 6.45) is 0. The number of aryl methyl sites for hydroxylation is 6. The summed E-state index contributed by atoms with van der Waals surface area (Å²) in [4.78, 5) is 57.8. The molecule has 0 saturated carbocycles. The summed E-state index contributed by atoms with van der Waals surface area (Å²) in [6.45, 7) is 16.9. The number of hydrogen-bond acceptors (Lipinski definition) is 9. The Morgan fingerprint density at radius 2 is 0.672 bits per heavy atom. The Balaban J connectivity index is 0.00000680. The minimum absolute atomic E-state index is 0. The molecular formula is C51H54DyN6O6. The van der Waals surface area contributed by atoms with Crippen molar-refractivity contribution in [1.82, 2.24) is 29.7 Å². The van der Waals surface area contributed by atoms with Crippen LogP contribution in [0.15, 0.2) is 91.0 Å². The molecule has 0 atom stereocenters. The van der Waals surface area contributed by atoms with Gasteiger partial charge in [-0.15, -0.1) is 0 Å². The van der Waals surface area contributed by atoms with Crippen LogP contribution in [0, 0.1) is 79.7 Å². The molecule has 3 aromatic carbocycles. The summed E-state index contributed by atoms with van der Waals surface area (Å²) in [5, 5.41) is 30.4. The Morgan fingerprint density at radius 1 is 0.422 bits per heavy atom. The predicted octanol–water partition coefficient (Wildman–Crippen LogP) is 8.64. The average Bonchev–Trinajstić information content (AvgIpc) is 3.31. The molecule has 0 amide bonds. The standard InChI is InChI=1S/C51H54N6O6.Dy/c1-31-7-10-43(34(4)19-31)37-22-40(52-46(25-37)49(58)59)28-55-13-15-56(29-41-23-38(26-47(53-41)50(60)61)44-11-8-32(2)20-35(44)5)17-18-57(16-14-55)30-42-24-39(27-48(54-42)51(62)63)45-12-9-33(3)21-36(45)6;/h7-12,19-27H,13-18,28-30H2,1-6H3,(H,58,59)(H,60,61)(H,62,63);. The van der Waals surface area contributed by atoms with E-state index in [9.17, 15) is 29.7 Å². The van der Waals surface area contributed by atoms with E-state index < -0.39 is 17.9 Å². The van der Waals surface area contributed by atoms with Gasteiger partial charge in [0.15, 0.2) is 0 Å². The van der Waals surface area contributed by atoms with Crippen LogP contribution in [0.2, 0.25) is 0 Å². The van der Waals surface area contributed by atoms with Crippen LogP contribution < -0.4 is 0 Å². The fourth-order valence-electron chi connectivity index (χ4n) is 8.56. The molecular weight excluding hydrogens is 955 g/mol. The van der Waals surface area contributed by atoms with Crippen LogP contribution in [0.4, 0.5) is 0 Å². The number of carbonyl (C=O) groups is 3. The van der Waals surface area contributed by atoms with Crippen molar-refractivity contribution in [3.63, 3.8) is 0 Å². The third-order valence-electron chi connectivity index (χ3n) is 11.7. The second-order valence-corrected chi connectivity index (χ2v) is 16.9. The van der Waals surface area contributed by atoms with Gasteiger partial charge in [-0.25, -0.2) is 29.3 Å². The summed E-state index contributed by atoms with van der Waals surface area (Å²) in [7, 11) is 0. The van der Waals surface area contributed by atoms with Gasteiger partial charge in [0, 0.05) is 97.1 Å². The maximum Gasteiger partial charge on any atom is 0.354 e. The molecule has 3 aromatic heterocycles. The fraction of sp³-hybridized carbons (Fsp3) is 0.294. The first-order valence-electron chi connectivity index (χ1n) is 21.2. The number of aromatic nitrogens is 3. The Bertz CT molecular complexity index is 2420. The Kier molecular flexibility index (Phi) is 15.9. The topological polar surface area (TPSA) is 160 Å². The second-order valence-electron chi connectivity index (χ2n) is 16.9. The molecule has 0 bridgehead atoms. The first kappa shape index (κ1) is 48.1. The molecule has 1 saturated heterocycles. The zero-order chi connectivity index (χ0) is 44.9. The molecule has 6 aromatic rings. The first-order chi connectivity index (χ1) is 30.1. The van der Waals surface area contributed by atoms with Gasteiger partial charge >= 0.3 is 17.9 Å². The molecule has 0 spiro atoms. The van der Waals surface area contributed by atoms with Crippen LogP contribution in [0.5, 0.6) is 0 Å². The van der Waals surface area contributed by atoms with Crippen molar-refractivity contribution in [2.75, 3.05) is 39.3 Å². The molecule has 0 radical (unpaired) electrons. The van der Waals surface area contributed by atoms with E-state index in [1.54, 1.807) is 18.2 Å². The van der Waals surface area contributed by atoms with Crippen molar-refractivity contribution in [3.05, 3.63) is 159 Å². The van der Waals surface area contributed by atoms with Crippen molar-refractivity contribution in [2.24, 2.45) is 0 Å². The number of benzene rings is 3. The molecule has 1 fully saturated rings. The van der Waals surface area contributed by atoms with E-state index >= 15 is 0 Å². The zero-order valence-electron chi connectivity index (χ0n) is 37.1. The van der Waals surface area contributed by atoms with Crippen molar-refractivity contribution >= 4 is 17.9 Å². The zero-order valence-corrected chi connectivity index (χ0v) is 39.1. The van der Waals surface area contributed by atoms with Crippen molar-refractivity contribution in [3.8, 4) is 33.4 Å². The molecule has 0 aliphatic carbocycles. The average molecular weight is 1010 g/mol. The van der Waals surface area contributed by atoms with Gasteiger partial charge < -0.3 is 15.3 Å². The van der Waals surface area contributed by atoms with E-state index in [-0.39, 0.29) is 55.3 Å². The molecule has 3 N–H and O–H groups in total. The molecule has 334 valence electrons. The van der Waals surface area contributed by atoms with Gasteiger partial charge in [-0.1, -0.05) is 71.3 Å². The molecule has 0 unspecified atom stereocenters. The van der Waals surface area contributed by atoms with Crippen molar-refractivity contribution < 1.29 is 67.9 Å². The largest absolute Gasteiger partial charge is 0.477 e. The number of rotatable bonds is 12. The normalized spacial score (nSPS) is 14.0. The molecule has 12 nitrogen and oxygen atoms in total. The summed E-state index contributed by atoms with van der Waals surface area (Å²) in [5.74, 6) is -3.30. The molecule has 7 rings (SSSR count). The van der Waals surface area contributed by atoms with E-state index in [0.29, 0.717) is 76.0 Å². The number of carboxylic acids is 3. The van der Waals surface area contributed by atoms with Gasteiger partial charge in [0.2, 0.25) is 0 Å². The fourth-order valence-corrected chi connectivity index (χ4v) is 8.56. The monoisotopic (exact) mass is 1010 g/mol. The molecule has 64 heavy (non-hydrogen) atoms. The maximum atomic E-state index is 12.4. The first-order valence-corrected chi connectivity index (χ1v) is 21.2. The van der Waals surface area contributed by atoms with Crippen LogP contribution in [0.1, 0.15) is 81.9 Å². The predicted molar refractivity (Wildman–Crippen MR) is 244 cm³/mol. The minimum atomic E-state index is -1.10. The summed E-state index contributed by atoms with van der Waals surface area (Å²) >= 11 is 0. The van der Waals surface area contributed by atoms with Crippen molar-refractivity contribution in [1.29, 1.82) is 0 Å². The summed E-state index contributed by atoms with van der Waals surface area (Å²) in [6, 6.07) is 29.1. The van der Waals surface area contributed by atoms with Crippen LogP contribution in [0.25, 0.3) is 33.4 Å². The van der Waals surface area contributed by atoms with E-state index in [4.69, 9.17) is 0 Å². The quantitative estimate of drug-likeness (QED) is 0.107. The molecule has 13 heteroatoms. The van der Waals surface area contributed by atoms with Crippen LogP contribution >= 0.6 is 0 Å². The van der Waals surface area contributed by atoms with Crippen LogP contribution in [0.3, 0.4) is 0 Å². The van der Waals surface area contributed by atoms with Gasteiger partial charge in [0.05, 0.1) is 17.1 Å². The van der Waals surface area contributed by atoms with Crippen LogP contribution in [-0.2, 0) is 19.6 Å². The van der Waals surface area contributed by atoms with E-state index in [1.807, 2.05) is 96.1 Å². The van der Waals surface area contributed by atoms with Gasteiger partial charge in [-0.2, -0.15) is 0 Å². The second kappa shape index (κ2) is 21.1. The van der Waals surface area contributed by atoms with Gasteiger partial charge in [0.1, 0.15) is 17.1 Å². The van der Waals surface area contributed by atoms with Crippen LogP contribution in [-0.4, -0.2) is 102 Å². The number of pyridine rings is 3. The minimum Gasteiger partial charge on any atom is -0.477 e. The molecule has 1 aliphatic rings. The SMILES string of the molecule is Cc1ccc(-c2cc(CN3CCN(Cc4cc(-c5ccc(C)cc5C)cc(C(=O)O)n4)CCN(Cc4cc(-c5ccc(C)cc5C)cc(C(=O)O)n4)CC3)nc(C(=O)O)c2)c(C)c1.[Dy]. The Hall–Kier alpha value is -5.33. The van der Waals surface area contributed by atoms with Gasteiger partial charge in [-0.3, -0.25) is 14.7 Å². The smallest absolute Gasteiger partial charge is 0.354 e. The molecule has 4 heterocycles. The molecule has 1 aliphatic heterocycles. The maximum absolute atomic E-state index is 12.4. The van der Waals surface area contributed by atoms with E-state index in [0.717, 1.165) is 66.8 Å². The number of hydrogen-bond donors (Lipinski definition) is 3. The number of carboxylic acid groups (broad SMARTS) is 3. The van der Waals surface area contributed by atoms with E-state index in [1.165, 1.54) is 0 Å². The summed E-state index contributed by atoms with van der Waals surface area (Å²) < 4.78 is 0. The summed E-state index contributed by atoms with van der Waals surface area (Å²) in [5.41, 5.74) is 13.5. The van der Waals surface area contributed by atoms with Gasteiger partial charge in [-0.05, 0) is 128 Å². The third-order valence-corrected chi connectivity index (χ3v) is 11.7. The Labute approximate surface area is 405 Å². The van der Waals surface area contributed by atoms with Crippen molar-refractivity contribution in [2.45, 2.75) is 61.2 Å². The number of nitrogens with zero attached hydrogens (tertiary/aromatic N) is 6. The third kappa shape index (κ3) is 12.1. The van der Waals surface area contributed by atoms with E-state index in [2.05, 4.69) is 47.9 Å². The number of aromatic carboxylic acids is 3.